The van der Waals surface area contributed by atoms with Crippen LogP contribution >= 0.6 is 0 Å². The van der Waals surface area contributed by atoms with Gasteiger partial charge in [0.15, 0.2) is 9.84 Å². The molecule has 0 aliphatic heterocycles. The van der Waals surface area contributed by atoms with Crippen molar-refractivity contribution in [3.8, 4) is 0 Å². The number of amides is 1. The van der Waals surface area contributed by atoms with E-state index in [1.807, 2.05) is 14.1 Å². The van der Waals surface area contributed by atoms with Crippen LogP contribution in [0.4, 0.5) is 0 Å². The summed E-state index contributed by atoms with van der Waals surface area (Å²) in [6, 6.07) is 0. The highest BCUT2D eigenvalue weighted by Gasteiger charge is 2.13. The van der Waals surface area contributed by atoms with Gasteiger partial charge in [-0.15, -0.1) is 0 Å². The van der Waals surface area contributed by atoms with E-state index in [4.69, 9.17) is 0 Å². The summed E-state index contributed by atoms with van der Waals surface area (Å²) in [7, 11) is 0.877. The van der Waals surface area contributed by atoms with Crippen molar-refractivity contribution in [2.45, 2.75) is 122 Å². The van der Waals surface area contributed by atoms with Gasteiger partial charge in [-0.25, -0.2) is 8.42 Å². The molecule has 32 heavy (non-hydrogen) atoms. The van der Waals surface area contributed by atoms with Gasteiger partial charge in [-0.05, 0) is 33.5 Å². The third kappa shape index (κ3) is 24.0. The summed E-state index contributed by atoms with van der Waals surface area (Å²) in [4.78, 5) is 13.8. The molecular formula is C26H54N2O3S. The number of nitrogens with zero attached hydrogens (tertiary/aromatic N) is 1. The van der Waals surface area contributed by atoms with E-state index >= 15 is 0 Å². The highest BCUT2D eigenvalue weighted by atomic mass is 32.2. The second kappa shape index (κ2) is 22.2. The number of carbonyl (C=O) groups is 1. The quantitative estimate of drug-likeness (QED) is 0.171. The van der Waals surface area contributed by atoms with E-state index in [9.17, 15) is 13.2 Å². The minimum absolute atomic E-state index is 0.0226. The fourth-order valence-corrected chi connectivity index (χ4v) is 5.28. The Bertz CT molecular complexity index is 521. The fraction of sp³-hybridized carbons (Fsp3) is 0.962. The van der Waals surface area contributed by atoms with Gasteiger partial charge in [0.2, 0.25) is 5.91 Å². The van der Waals surface area contributed by atoms with Crippen molar-refractivity contribution < 1.29 is 13.2 Å². The molecule has 0 aromatic heterocycles. The topological polar surface area (TPSA) is 66.5 Å². The predicted molar refractivity (Wildman–Crippen MR) is 139 cm³/mol. The van der Waals surface area contributed by atoms with Crippen LogP contribution in [0.25, 0.3) is 0 Å². The van der Waals surface area contributed by atoms with Crippen LogP contribution in [0, 0.1) is 0 Å². The molecule has 6 heteroatoms. The second-order valence-electron chi connectivity index (χ2n) is 9.71. The molecule has 0 atom stereocenters. The van der Waals surface area contributed by atoms with E-state index in [-0.39, 0.29) is 23.8 Å². The summed E-state index contributed by atoms with van der Waals surface area (Å²) < 4.78 is 24.2. The Morgan fingerprint density at radius 2 is 1.09 bits per heavy atom. The average Bonchev–Trinajstić information content (AvgIpc) is 2.75. The highest BCUT2D eigenvalue weighted by molar-refractivity contribution is 7.91. The SMILES string of the molecule is CCCCCCCCCCCCCCCCCCS(=O)(=O)CCC(=O)NCCCN(C)C. The lowest BCUT2D eigenvalue weighted by atomic mass is 10.0. The van der Waals surface area contributed by atoms with Crippen LogP contribution in [0.1, 0.15) is 122 Å². The molecule has 0 rings (SSSR count). The minimum atomic E-state index is -3.11. The Hall–Kier alpha value is -0.620. The van der Waals surface area contributed by atoms with Crippen molar-refractivity contribution in [2.24, 2.45) is 0 Å². The summed E-state index contributed by atoms with van der Waals surface area (Å²) in [5, 5.41) is 2.80. The lowest BCUT2D eigenvalue weighted by Gasteiger charge is -2.10. The molecule has 0 unspecified atom stereocenters. The fourth-order valence-electron chi connectivity index (χ4n) is 3.93. The van der Waals surface area contributed by atoms with Gasteiger partial charge in [0.25, 0.3) is 0 Å². The molecule has 0 aliphatic carbocycles. The summed E-state index contributed by atoms with van der Waals surface area (Å²) in [5.41, 5.74) is 0. The van der Waals surface area contributed by atoms with Gasteiger partial charge in [-0.2, -0.15) is 0 Å². The van der Waals surface area contributed by atoms with E-state index < -0.39 is 9.84 Å². The Labute approximate surface area is 200 Å². The van der Waals surface area contributed by atoms with Gasteiger partial charge < -0.3 is 10.2 Å². The Morgan fingerprint density at radius 3 is 1.53 bits per heavy atom. The standard InChI is InChI=1S/C26H54N2O3S/c1-4-5-6-7-8-9-10-11-12-13-14-15-16-17-18-19-24-32(30,31)25-21-26(29)27-22-20-23-28(2)3/h4-25H2,1-3H3,(H,27,29). The number of hydrogen-bond donors (Lipinski definition) is 1. The third-order valence-corrected chi connectivity index (χ3v) is 7.79. The first kappa shape index (κ1) is 31.4. The molecule has 5 nitrogen and oxygen atoms in total. The van der Waals surface area contributed by atoms with Crippen LogP contribution < -0.4 is 5.32 Å². The van der Waals surface area contributed by atoms with E-state index in [1.54, 1.807) is 0 Å². The zero-order chi connectivity index (χ0) is 23.9. The first-order valence-corrected chi connectivity index (χ1v) is 15.3. The first-order valence-electron chi connectivity index (χ1n) is 13.5. The lowest BCUT2D eigenvalue weighted by molar-refractivity contribution is -0.120. The van der Waals surface area contributed by atoms with Gasteiger partial charge in [-0.3, -0.25) is 4.79 Å². The summed E-state index contributed by atoms with van der Waals surface area (Å²) in [6.07, 6.45) is 21.5. The van der Waals surface area contributed by atoms with Crippen LogP contribution in [0.3, 0.4) is 0 Å². The molecule has 0 aromatic rings. The monoisotopic (exact) mass is 474 g/mol. The molecule has 0 bridgehead atoms. The van der Waals surface area contributed by atoms with Crippen molar-refractivity contribution in [2.75, 3.05) is 38.7 Å². The molecule has 0 spiro atoms. The van der Waals surface area contributed by atoms with Crippen molar-refractivity contribution >= 4 is 15.7 Å². The van der Waals surface area contributed by atoms with Crippen LogP contribution in [-0.4, -0.2) is 57.9 Å². The predicted octanol–water partition coefficient (Wildman–Crippen LogP) is 6.12. The third-order valence-electron chi connectivity index (χ3n) is 6.05. The molecule has 0 heterocycles. The largest absolute Gasteiger partial charge is 0.356 e. The maximum Gasteiger partial charge on any atom is 0.221 e. The van der Waals surface area contributed by atoms with Crippen LogP contribution in [-0.2, 0) is 14.6 Å². The Morgan fingerprint density at radius 1 is 0.656 bits per heavy atom. The molecule has 0 fully saturated rings. The number of sulfone groups is 1. The van der Waals surface area contributed by atoms with Gasteiger partial charge >= 0.3 is 0 Å². The molecule has 0 aliphatic rings. The Kier molecular flexibility index (Phi) is 21.8. The van der Waals surface area contributed by atoms with Gasteiger partial charge in [0.05, 0.1) is 11.5 Å². The molecule has 192 valence electrons. The van der Waals surface area contributed by atoms with Crippen LogP contribution in [0.2, 0.25) is 0 Å². The lowest BCUT2D eigenvalue weighted by Crippen LogP contribution is -2.28. The highest BCUT2D eigenvalue weighted by Crippen LogP contribution is 2.14. The summed E-state index contributed by atoms with van der Waals surface area (Å²) >= 11 is 0. The van der Waals surface area contributed by atoms with Gasteiger partial charge in [0, 0.05) is 13.0 Å². The number of unbranched alkanes of at least 4 members (excludes halogenated alkanes) is 15. The molecule has 0 saturated carbocycles. The van der Waals surface area contributed by atoms with Crippen molar-refractivity contribution in [1.82, 2.24) is 10.2 Å². The summed E-state index contributed by atoms with van der Waals surface area (Å²) in [6.45, 7) is 3.79. The summed E-state index contributed by atoms with van der Waals surface area (Å²) in [5.74, 6) is 0.0456. The number of nitrogens with one attached hydrogen (secondary N) is 1. The minimum Gasteiger partial charge on any atom is -0.356 e. The maximum atomic E-state index is 12.1. The zero-order valence-electron chi connectivity index (χ0n) is 21.6. The van der Waals surface area contributed by atoms with Crippen LogP contribution in [0.15, 0.2) is 0 Å². The molecular weight excluding hydrogens is 420 g/mol. The average molecular weight is 475 g/mol. The van der Waals surface area contributed by atoms with Crippen molar-refractivity contribution in [1.29, 1.82) is 0 Å². The van der Waals surface area contributed by atoms with E-state index in [1.165, 1.54) is 83.5 Å². The van der Waals surface area contributed by atoms with Crippen molar-refractivity contribution in [3.05, 3.63) is 0 Å². The van der Waals surface area contributed by atoms with Gasteiger partial charge in [0.1, 0.15) is 0 Å². The molecule has 1 amide bonds. The number of carbonyl (C=O) groups excluding carboxylic acids is 1. The van der Waals surface area contributed by atoms with Crippen molar-refractivity contribution in [3.63, 3.8) is 0 Å². The smallest absolute Gasteiger partial charge is 0.221 e. The first-order chi connectivity index (χ1) is 15.4. The van der Waals surface area contributed by atoms with Crippen LogP contribution in [0.5, 0.6) is 0 Å². The Balaban J connectivity index is 3.42. The number of rotatable bonds is 24. The second-order valence-corrected chi connectivity index (χ2v) is 12.0. The zero-order valence-corrected chi connectivity index (χ0v) is 22.5. The van der Waals surface area contributed by atoms with E-state index in [0.717, 1.165) is 32.2 Å². The molecule has 1 N–H and O–H groups in total. The van der Waals surface area contributed by atoms with Gasteiger partial charge in [-0.1, -0.05) is 103 Å². The molecule has 0 aromatic carbocycles. The number of hydrogen-bond acceptors (Lipinski definition) is 4. The molecule has 0 saturated heterocycles. The normalized spacial score (nSPS) is 11.9. The van der Waals surface area contributed by atoms with E-state index in [0.29, 0.717) is 6.54 Å². The van der Waals surface area contributed by atoms with E-state index in [2.05, 4.69) is 17.1 Å². The maximum absolute atomic E-state index is 12.1. The molecule has 0 radical (unpaired) electrons.